The topological polar surface area (TPSA) is 38.5 Å². The van der Waals surface area contributed by atoms with Crippen molar-refractivity contribution in [2.75, 3.05) is 19.4 Å². The summed E-state index contributed by atoms with van der Waals surface area (Å²) in [6, 6.07) is 6.86. The molecule has 1 heterocycles. The molecule has 0 radical (unpaired) electrons. The Bertz CT molecular complexity index is 446. The molecule has 1 aromatic rings. The molecule has 2 fully saturated rings. The van der Waals surface area contributed by atoms with E-state index in [1.165, 1.54) is 44.2 Å². The first-order chi connectivity index (χ1) is 9.28. The fourth-order valence-electron chi connectivity index (χ4n) is 3.76. The van der Waals surface area contributed by atoms with Gasteiger partial charge in [-0.25, -0.2) is 0 Å². The quantitative estimate of drug-likeness (QED) is 0.849. The molecule has 3 rings (SSSR count). The van der Waals surface area contributed by atoms with Crippen LogP contribution < -0.4 is 10.5 Å². The Balaban J connectivity index is 1.71. The highest BCUT2D eigenvalue weighted by Crippen LogP contribution is 2.37. The maximum Gasteiger partial charge on any atom is 0.120 e. The number of fused-ring (bicyclic) bond motifs is 1. The van der Waals surface area contributed by atoms with Gasteiger partial charge in [0.2, 0.25) is 0 Å². The van der Waals surface area contributed by atoms with Gasteiger partial charge in [0, 0.05) is 24.3 Å². The molecule has 0 aromatic heterocycles. The second-order valence-electron chi connectivity index (χ2n) is 5.94. The Labute approximate surface area is 115 Å². The fraction of sp³-hybridized carbons (Fsp3) is 0.625. The van der Waals surface area contributed by atoms with Gasteiger partial charge in [-0.1, -0.05) is 18.9 Å². The van der Waals surface area contributed by atoms with Crippen LogP contribution in [0.3, 0.4) is 0 Å². The Morgan fingerprint density at radius 2 is 2.11 bits per heavy atom. The van der Waals surface area contributed by atoms with Gasteiger partial charge in [-0.2, -0.15) is 0 Å². The van der Waals surface area contributed by atoms with Gasteiger partial charge in [0.25, 0.3) is 0 Å². The molecule has 1 saturated heterocycles. The van der Waals surface area contributed by atoms with Crippen molar-refractivity contribution in [2.45, 2.75) is 44.7 Å². The maximum atomic E-state index is 6.14. The van der Waals surface area contributed by atoms with Gasteiger partial charge < -0.3 is 10.5 Å². The minimum absolute atomic E-state index is 0.801. The maximum absolute atomic E-state index is 6.14. The highest BCUT2D eigenvalue weighted by Gasteiger charge is 2.35. The van der Waals surface area contributed by atoms with E-state index in [1.807, 2.05) is 12.1 Å². The normalized spacial score (nSPS) is 27.2. The zero-order chi connectivity index (χ0) is 13.2. The van der Waals surface area contributed by atoms with Gasteiger partial charge >= 0.3 is 0 Å². The van der Waals surface area contributed by atoms with E-state index in [1.54, 1.807) is 7.11 Å². The first kappa shape index (κ1) is 12.8. The molecule has 1 aromatic carbocycles. The van der Waals surface area contributed by atoms with Crippen LogP contribution in [0.25, 0.3) is 0 Å². The summed E-state index contributed by atoms with van der Waals surface area (Å²) in [5.41, 5.74) is 8.24. The zero-order valence-corrected chi connectivity index (χ0v) is 11.8. The number of rotatable bonds is 3. The lowest BCUT2D eigenvalue weighted by Crippen LogP contribution is -2.34. The van der Waals surface area contributed by atoms with Gasteiger partial charge in [-0.3, -0.25) is 4.90 Å². The number of hydrogen-bond acceptors (Lipinski definition) is 3. The molecule has 2 atom stereocenters. The average molecular weight is 260 g/mol. The lowest BCUT2D eigenvalue weighted by molar-refractivity contribution is 0.176. The number of likely N-dealkylation sites (tertiary alicyclic amines) is 1. The molecule has 3 heteroatoms. The molecule has 1 aliphatic carbocycles. The minimum atomic E-state index is 0.801. The number of nitrogen functional groups attached to an aromatic ring is 1. The number of ether oxygens (including phenoxy) is 1. The summed E-state index contributed by atoms with van der Waals surface area (Å²) in [5.74, 6) is 1.78. The minimum Gasteiger partial charge on any atom is -0.497 e. The van der Waals surface area contributed by atoms with Crippen LogP contribution in [0, 0.1) is 5.92 Å². The van der Waals surface area contributed by atoms with Crippen LogP contribution in [0.2, 0.25) is 0 Å². The predicted molar refractivity (Wildman–Crippen MR) is 78.2 cm³/mol. The van der Waals surface area contributed by atoms with E-state index < -0.39 is 0 Å². The Kier molecular flexibility index (Phi) is 3.65. The van der Waals surface area contributed by atoms with Gasteiger partial charge in [0.1, 0.15) is 5.75 Å². The molecule has 0 bridgehead atoms. The van der Waals surface area contributed by atoms with Gasteiger partial charge in [-0.05, 0) is 43.4 Å². The van der Waals surface area contributed by atoms with Crippen LogP contribution >= 0.6 is 0 Å². The third-order valence-corrected chi connectivity index (χ3v) is 4.85. The molecular formula is C16H24N2O. The van der Waals surface area contributed by atoms with Crippen molar-refractivity contribution in [3.8, 4) is 5.75 Å². The van der Waals surface area contributed by atoms with Crippen molar-refractivity contribution in [1.29, 1.82) is 0 Å². The first-order valence-corrected chi connectivity index (χ1v) is 7.44. The Morgan fingerprint density at radius 3 is 2.89 bits per heavy atom. The van der Waals surface area contributed by atoms with Crippen molar-refractivity contribution in [3.63, 3.8) is 0 Å². The number of nitrogens with zero attached hydrogens (tertiary/aromatic N) is 1. The molecule has 2 aliphatic rings. The summed E-state index contributed by atoms with van der Waals surface area (Å²) in [7, 11) is 1.68. The van der Waals surface area contributed by atoms with Gasteiger partial charge in [0.05, 0.1) is 7.11 Å². The van der Waals surface area contributed by atoms with Crippen molar-refractivity contribution in [3.05, 3.63) is 23.8 Å². The smallest absolute Gasteiger partial charge is 0.120 e. The van der Waals surface area contributed by atoms with Crippen molar-refractivity contribution >= 4 is 5.69 Å². The highest BCUT2D eigenvalue weighted by atomic mass is 16.5. The van der Waals surface area contributed by atoms with E-state index in [0.717, 1.165) is 29.9 Å². The molecule has 0 spiro atoms. The van der Waals surface area contributed by atoms with Gasteiger partial charge in [0.15, 0.2) is 0 Å². The van der Waals surface area contributed by atoms with Crippen LogP contribution in [-0.4, -0.2) is 24.6 Å². The molecule has 2 N–H and O–H groups in total. The summed E-state index contributed by atoms with van der Waals surface area (Å²) in [6.07, 6.45) is 7.01. The molecule has 0 amide bonds. The molecule has 104 valence electrons. The average Bonchev–Trinajstić information content (AvgIpc) is 2.84. The molecule has 2 unspecified atom stereocenters. The molecular weight excluding hydrogens is 236 g/mol. The van der Waals surface area contributed by atoms with E-state index in [2.05, 4.69) is 11.0 Å². The van der Waals surface area contributed by atoms with Crippen LogP contribution in [-0.2, 0) is 6.54 Å². The third kappa shape index (κ3) is 2.57. The number of nitrogens with two attached hydrogens (primary N) is 1. The summed E-state index contributed by atoms with van der Waals surface area (Å²) >= 11 is 0. The summed E-state index contributed by atoms with van der Waals surface area (Å²) < 4.78 is 5.21. The second-order valence-corrected chi connectivity index (χ2v) is 5.94. The predicted octanol–water partition coefficient (Wildman–Crippen LogP) is 3.04. The summed E-state index contributed by atoms with van der Waals surface area (Å²) in [6.45, 7) is 2.23. The number of anilines is 1. The Hall–Kier alpha value is -1.22. The molecule has 1 aliphatic heterocycles. The molecule has 19 heavy (non-hydrogen) atoms. The van der Waals surface area contributed by atoms with Crippen LogP contribution in [0.5, 0.6) is 5.75 Å². The third-order valence-electron chi connectivity index (χ3n) is 4.85. The van der Waals surface area contributed by atoms with Gasteiger partial charge in [-0.15, -0.1) is 0 Å². The lowest BCUT2D eigenvalue weighted by atomic mass is 9.85. The van der Waals surface area contributed by atoms with Crippen LogP contribution in [0.1, 0.15) is 37.7 Å². The fourth-order valence-corrected chi connectivity index (χ4v) is 3.76. The highest BCUT2D eigenvalue weighted by molar-refractivity contribution is 5.51. The molecule has 3 nitrogen and oxygen atoms in total. The summed E-state index contributed by atoms with van der Waals surface area (Å²) in [4.78, 5) is 2.64. The largest absolute Gasteiger partial charge is 0.497 e. The number of benzene rings is 1. The van der Waals surface area contributed by atoms with Crippen molar-refractivity contribution < 1.29 is 4.74 Å². The molecule has 1 saturated carbocycles. The lowest BCUT2D eigenvalue weighted by Gasteiger charge is -2.32. The SMILES string of the molecule is COc1ccc(CN2CCC3CCCCC32)c(N)c1. The first-order valence-electron chi connectivity index (χ1n) is 7.44. The van der Waals surface area contributed by atoms with Crippen LogP contribution in [0.4, 0.5) is 5.69 Å². The van der Waals surface area contributed by atoms with Crippen molar-refractivity contribution in [1.82, 2.24) is 4.90 Å². The zero-order valence-electron chi connectivity index (χ0n) is 11.8. The summed E-state index contributed by atoms with van der Waals surface area (Å²) in [5, 5.41) is 0. The monoisotopic (exact) mass is 260 g/mol. The second kappa shape index (κ2) is 5.41. The van der Waals surface area contributed by atoms with E-state index in [9.17, 15) is 0 Å². The van der Waals surface area contributed by atoms with Crippen molar-refractivity contribution in [2.24, 2.45) is 5.92 Å². The van der Waals surface area contributed by atoms with E-state index in [0.29, 0.717) is 0 Å². The van der Waals surface area contributed by atoms with E-state index in [4.69, 9.17) is 10.5 Å². The Morgan fingerprint density at radius 1 is 1.26 bits per heavy atom. The number of hydrogen-bond donors (Lipinski definition) is 1. The van der Waals surface area contributed by atoms with E-state index in [-0.39, 0.29) is 0 Å². The van der Waals surface area contributed by atoms with Crippen LogP contribution in [0.15, 0.2) is 18.2 Å². The number of methoxy groups -OCH3 is 1. The standard InChI is InChI=1S/C16H24N2O/c1-19-14-7-6-13(15(17)10-14)11-18-9-8-12-4-2-3-5-16(12)18/h6-7,10,12,16H,2-5,8-9,11,17H2,1H3. The van der Waals surface area contributed by atoms with E-state index >= 15 is 0 Å².